The minimum absolute atomic E-state index is 0.137. The van der Waals surface area contributed by atoms with Crippen LogP contribution in [-0.2, 0) is 6.54 Å². The molecule has 0 radical (unpaired) electrons. The molecule has 166 valence electrons. The van der Waals surface area contributed by atoms with Crippen molar-refractivity contribution in [2.75, 3.05) is 32.8 Å². The summed E-state index contributed by atoms with van der Waals surface area (Å²) < 4.78 is 46.1. The van der Waals surface area contributed by atoms with E-state index in [0.717, 1.165) is 50.1 Å². The lowest BCUT2D eigenvalue weighted by Crippen LogP contribution is -2.40. The number of hydrogen-bond acceptors (Lipinski definition) is 4. The molecule has 2 aromatic carbocycles. The molecule has 2 aromatic rings. The summed E-state index contributed by atoms with van der Waals surface area (Å²) in [5.41, 5.74) is 1.94. The largest absolute Gasteiger partial charge is 0.573 e. The van der Waals surface area contributed by atoms with Crippen LogP contribution in [0.25, 0.3) is 0 Å². The summed E-state index contributed by atoms with van der Waals surface area (Å²) in [6.45, 7) is 4.61. The van der Waals surface area contributed by atoms with Crippen LogP contribution in [0.1, 0.15) is 28.8 Å². The van der Waals surface area contributed by atoms with E-state index in [0.29, 0.717) is 24.8 Å². The first kappa shape index (κ1) is 21.5. The zero-order chi connectivity index (χ0) is 21.8. The number of carbonyl (C=O) groups is 1. The van der Waals surface area contributed by atoms with E-state index >= 15 is 0 Å². The van der Waals surface area contributed by atoms with Crippen molar-refractivity contribution in [1.82, 2.24) is 9.80 Å². The Labute approximate surface area is 179 Å². The molecule has 2 heterocycles. The highest BCUT2D eigenvalue weighted by molar-refractivity contribution is 5.98. The second-order valence-corrected chi connectivity index (χ2v) is 8.00. The molecule has 1 saturated heterocycles. The molecule has 0 N–H and O–H groups in total. The van der Waals surface area contributed by atoms with Gasteiger partial charge in [-0.05, 0) is 67.7 Å². The van der Waals surface area contributed by atoms with Gasteiger partial charge in [-0.15, -0.1) is 13.2 Å². The first-order chi connectivity index (χ1) is 14.9. The third kappa shape index (κ3) is 5.70. The molecule has 0 unspecified atom stereocenters. The van der Waals surface area contributed by atoms with Gasteiger partial charge in [-0.3, -0.25) is 9.69 Å². The SMILES string of the molecule is O=C1c2ccccc2CN1CC1CCN(CCOc2ccc(OC(F)(F)F)cc2)CC1. The number of ether oxygens (including phenoxy) is 2. The van der Waals surface area contributed by atoms with Crippen molar-refractivity contribution in [3.63, 3.8) is 0 Å². The Balaban J connectivity index is 1.15. The summed E-state index contributed by atoms with van der Waals surface area (Å²) in [4.78, 5) is 16.8. The third-order valence-electron chi connectivity index (χ3n) is 5.82. The molecule has 0 spiro atoms. The maximum absolute atomic E-state index is 12.5. The highest BCUT2D eigenvalue weighted by Gasteiger charge is 2.31. The smallest absolute Gasteiger partial charge is 0.492 e. The Morgan fingerprint density at radius 2 is 1.65 bits per heavy atom. The quantitative estimate of drug-likeness (QED) is 0.651. The molecular formula is C23H25F3N2O3. The second kappa shape index (κ2) is 9.18. The molecule has 0 atom stereocenters. The van der Waals surface area contributed by atoms with Crippen LogP contribution in [0.2, 0.25) is 0 Å². The van der Waals surface area contributed by atoms with Crippen LogP contribution in [0.3, 0.4) is 0 Å². The van der Waals surface area contributed by atoms with Crippen molar-refractivity contribution < 1.29 is 27.4 Å². The maximum atomic E-state index is 12.5. The summed E-state index contributed by atoms with van der Waals surface area (Å²) in [6.07, 6.45) is -2.63. The molecule has 4 rings (SSSR count). The number of alkyl halides is 3. The first-order valence-electron chi connectivity index (χ1n) is 10.5. The van der Waals surface area contributed by atoms with Crippen molar-refractivity contribution in [2.24, 2.45) is 5.92 Å². The summed E-state index contributed by atoms with van der Waals surface area (Å²) in [6, 6.07) is 13.2. The Bertz CT molecular complexity index is 894. The predicted octanol–water partition coefficient (Wildman–Crippen LogP) is 4.33. The third-order valence-corrected chi connectivity index (χ3v) is 5.82. The zero-order valence-electron chi connectivity index (χ0n) is 17.1. The fraction of sp³-hybridized carbons (Fsp3) is 0.435. The summed E-state index contributed by atoms with van der Waals surface area (Å²) in [7, 11) is 0. The fourth-order valence-corrected chi connectivity index (χ4v) is 4.20. The number of nitrogens with zero attached hydrogens (tertiary/aromatic N) is 2. The number of rotatable bonds is 7. The van der Waals surface area contributed by atoms with Gasteiger partial charge in [0, 0.05) is 25.2 Å². The maximum Gasteiger partial charge on any atom is 0.573 e. The van der Waals surface area contributed by atoms with Gasteiger partial charge < -0.3 is 14.4 Å². The molecule has 31 heavy (non-hydrogen) atoms. The van der Waals surface area contributed by atoms with Crippen LogP contribution < -0.4 is 9.47 Å². The van der Waals surface area contributed by atoms with Crippen molar-refractivity contribution in [3.8, 4) is 11.5 Å². The van der Waals surface area contributed by atoms with Crippen molar-refractivity contribution >= 4 is 5.91 Å². The van der Waals surface area contributed by atoms with Crippen LogP contribution in [0.4, 0.5) is 13.2 Å². The van der Waals surface area contributed by atoms with Crippen LogP contribution in [0, 0.1) is 5.92 Å². The second-order valence-electron chi connectivity index (χ2n) is 8.00. The lowest BCUT2D eigenvalue weighted by atomic mass is 9.96. The van der Waals surface area contributed by atoms with E-state index in [1.807, 2.05) is 29.2 Å². The monoisotopic (exact) mass is 434 g/mol. The zero-order valence-corrected chi connectivity index (χ0v) is 17.1. The van der Waals surface area contributed by atoms with Crippen LogP contribution in [0.5, 0.6) is 11.5 Å². The van der Waals surface area contributed by atoms with Crippen LogP contribution in [0.15, 0.2) is 48.5 Å². The highest BCUT2D eigenvalue weighted by Crippen LogP contribution is 2.27. The number of likely N-dealkylation sites (tertiary alicyclic amines) is 1. The molecule has 2 aliphatic heterocycles. The topological polar surface area (TPSA) is 42.0 Å². The average molecular weight is 434 g/mol. The van der Waals surface area contributed by atoms with E-state index in [2.05, 4.69) is 9.64 Å². The number of piperidine rings is 1. The van der Waals surface area contributed by atoms with E-state index in [9.17, 15) is 18.0 Å². The highest BCUT2D eigenvalue weighted by atomic mass is 19.4. The normalized spacial score (nSPS) is 17.6. The molecule has 0 aromatic heterocycles. The van der Waals surface area contributed by atoms with Gasteiger partial charge >= 0.3 is 6.36 Å². The molecule has 0 aliphatic carbocycles. The lowest BCUT2D eigenvalue weighted by molar-refractivity contribution is -0.274. The fourth-order valence-electron chi connectivity index (χ4n) is 4.20. The van der Waals surface area contributed by atoms with Crippen molar-refractivity contribution in [2.45, 2.75) is 25.7 Å². The average Bonchev–Trinajstić information content (AvgIpc) is 3.05. The van der Waals surface area contributed by atoms with Gasteiger partial charge in [0.05, 0.1) is 0 Å². The first-order valence-corrected chi connectivity index (χ1v) is 10.5. The van der Waals surface area contributed by atoms with Gasteiger partial charge in [0.2, 0.25) is 0 Å². The Kier molecular flexibility index (Phi) is 6.36. The van der Waals surface area contributed by atoms with Crippen molar-refractivity contribution in [1.29, 1.82) is 0 Å². The van der Waals surface area contributed by atoms with E-state index in [-0.39, 0.29) is 11.7 Å². The van der Waals surface area contributed by atoms with Gasteiger partial charge in [0.15, 0.2) is 0 Å². The minimum Gasteiger partial charge on any atom is -0.492 e. The predicted molar refractivity (Wildman–Crippen MR) is 109 cm³/mol. The number of amides is 1. The van der Waals surface area contributed by atoms with Crippen LogP contribution >= 0.6 is 0 Å². The summed E-state index contributed by atoms with van der Waals surface area (Å²) in [5.74, 6) is 0.882. The molecule has 0 bridgehead atoms. The molecule has 1 amide bonds. The Hall–Kier alpha value is -2.74. The van der Waals surface area contributed by atoms with E-state index < -0.39 is 6.36 Å². The molecule has 5 nitrogen and oxygen atoms in total. The number of halogens is 3. The number of hydrogen-bond donors (Lipinski definition) is 0. The van der Waals surface area contributed by atoms with Gasteiger partial charge in [-0.1, -0.05) is 18.2 Å². The summed E-state index contributed by atoms with van der Waals surface area (Å²) in [5, 5.41) is 0. The van der Waals surface area contributed by atoms with E-state index in [1.165, 1.54) is 24.3 Å². The number of carbonyl (C=O) groups excluding carboxylic acids is 1. The molecule has 0 saturated carbocycles. The van der Waals surface area contributed by atoms with Gasteiger partial charge in [-0.25, -0.2) is 0 Å². The van der Waals surface area contributed by atoms with Crippen molar-refractivity contribution in [3.05, 3.63) is 59.7 Å². The number of benzene rings is 2. The Morgan fingerprint density at radius 3 is 2.32 bits per heavy atom. The van der Waals surface area contributed by atoms with E-state index in [4.69, 9.17) is 4.74 Å². The molecule has 1 fully saturated rings. The van der Waals surface area contributed by atoms with Gasteiger partial charge in [0.25, 0.3) is 5.91 Å². The minimum atomic E-state index is -4.69. The standard InChI is InChI=1S/C23H25F3N2O3/c24-23(25,26)31-20-7-5-19(6-8-20)30-14-13-27-11-9-17(10-12-27)15-28-16-18-3-1-2-4-21(18)22(28)29/h1-8,17H,9-16H2. The molecule has 2 aliphatic rings. The van der Waals surface area contributed by atoms with Crippen LogP contribution in [-0.4, -0.2) is 54.9 Å². The number of fused-ring (bicyclic) bond motifs is 1. The lowest BCUT2D eigenvalue weighted by Gasteiger charge is -2.33. The summed E-state index contributed by atoms with van der Waals surface area (Å²) >= 11 is 0. The van der Waals surface area contributed by atoms with E-state index in [1.54, 1.807) is 0 Å². The molecule has 8 heteroatoms. The van der Waals surface area contributed by atoms with Gasteiger partial charge in [-0.2, -0.15) is 0 Å². The molecular weight excluding hydrogens is 409 g/mol. The Morgan fingerprint density at radius 1 is 0.968 bits per heavy atom. The van der Waals surface area contributed by atoms with Gasteiger partial charge in [0.1, 0.15) is 18.1 Å².